The molecule has 0 saturated carbocycles. The highest BCUT2D eigenvalue weighted by atomic mass is 79.9. The van der Waals surface area contributed by atoms with Crippen molar-refractivity contribution in [2.24, 2.45) is 0 Å². The Balaban J connectivity index is 1.92. The van der Waals surface area contributed by atoms with Gasteiger partial charge in [0.25, 0.3) is 0 Å². The number of hydrogen-bond donors (Lipinski definition) is 1. The minimum Gasteiger partial charge on any atom is -0.353 e. The average molecular weight is 453 g/mol. The monoisotopic (exact) mass is 451 g/mol. The molecule has 6 heteroatoms. The highest BCUT2D eigenvalue weighted by molar-refractivity contribution is 9.10. The van der Waals surface area contributed by atoms with Crippen molar-refractivity contribution in [1.82, 2.24) is 9.55 Å². The molecule has 0 radical (unpaired) electrons. The van der Waals surface area contributed by atoms with Gasteiger partial charge >= 0.3 is 0 Å². The first kappa shape index (κ1) is 18.1. The van der Waals surface area contributed by atoms with Crippen LogP contribution in [0.3, 0.4) is 0 Å². The molecule has 136 valence electrons. The minimum absolute atomic E-state index is 0.0741. The van der Waals surface area contributed by atoms with Gasteiger partial charge in [-0.25, -0.2) is 4.98 Å². The molecule has 1 atom stereocenters. The van der Waals surface area contributed by atoms with E-state index in [2.05, 4.69) is 51.8 Å². The third kappa shape index (κ3) is 2.83. The SMILES string of the molecule is CCC(CC)c1ccc(Cl)c2c1nc1n2C(c2ccc(Br)cc2Cl)CN1. The van der Waals surface area contributed by atoms with E-state index in [9.17, 15) is 0 Å². The van der Waals surface area contributed by atoms with E-state index in [1.807, 2.05) is 18.2 Å². The number of rotatable bonds is 4. The van der Waals surface area contributed by atoms with Crippen LogP contribution < -0.4 is 5.32 Å². The lowest BCUT2D eigenvalue weighted by atomic mass is 9.93. The standard InChI is InChI=1S/C20H20BrCl2N3/c1-3-11(4-2)13-7-8-15(22)19-18(13)25-20-24-10-17(26(19)20)14-6-5-12(21)9-16(14)23/h5-9,11,17H,3-4,10H2,1-2H3,(H,24,25). The lowest BCUT2D eigenvalue weighted by molar-refractivity contribution is 0.645. The maximum atomic E-state index is 6.63. The predicted molar refractivity (Wildman–Crippen MR) is 114 cm³/mol. The van der Waals surface area contributed by atoms with Crippen LogP contribution in [0.5, 0.6) is 0 Å². The van der Waals surface area contributed by atoms with Gasteiger partial charge in [-0.3, -0.25) is 4.57 Å². The molecule has 4 rings (SSSR count). The van der Waals surface area contributed by atoms with Gasteiger partial charge in [-0.05, 0) is 48.1 Å². The first-order chi connectivity index (χ1) is 12.5. The molecule has 3 nitrogen and oxygen atoms in total. The fourth-order valence-corrected chi connectivity index (χ4v) is 5.01. The third-order valence-electron chi connectivity index (χ3n) is 5.33. The van der Waals surface area contributed by atoms with Crippen LogP contribution in [-0.2, 0) is 0 Å². The zero-order valence-corrected chi connectivity index (χ0v) is 17.8. The quantitative estimate of drug-likeness (QED) is 0.460. The van der Waals surface area contributed by atoms with Crippen LogP contribution in [0.25, 0.3) is 11.0 Å². The van der Waals surface area contributed by atoms with E-state index in [4.69, 9.17) is 28.2 Å². The Kier molecular flexibility index (Phi) is 4.93. The second-order valence-electron chi connectivity index (χ2n) is 6.72. The molecule has 0 spiro atoms. The highest BCUT2D eigenvalue weighted by Gasteiger charge is 2.30. The molecular formula is C20H20BrCl2N3. The van der Waals surface area contributed by atoms with Crippen LogP contribution in [0.1, 0.15) is 49.8 Å². The lowest BCUT2D eigenvalue weighted by Gasteiger charge is -2.18. The summed E-state index contributed by atoms with van der Waals surface area (Å²) in [5.74, 6) is 1.35. The molecule has 1 unspecified atom stereocenters. The Morgan fingerprint density at radius 2 is 1.96 bits per heavy atom. The molecular weight excluding hydrogens is 433 g/mol. The van der Waals surface area contributed by atoms with Crippen molar-refractivity contribution >= 4 is 56.1 Å². The van der Waals surface area contributed by atoms with Gasteiger partial charge in [0, 0.05) is 16.0 Å². The number of anilines is 1. The van der Waals surface area contributed by atoms with Gasteiger partial charge < -0.3 is 5.32 Å². The fraction of sp³-hybridized carbons (Fsp3) is 0.350. The molecule has 1 aromatic heterocycles. The Bertz CT molecular complexity index is 979. The maximum Gasteiger partial charge on any atom is 0.204 e. The Morgan fingerprint density at radius 3 is 2.65 bits per heavy atom. The first-order valence-corrected chi connectivity index (χ1v) is 10.5. The van der Waals surface area contributed by atoms with Gasteiger partial charge in [0.2, 0.25) is 5.95 Å². The van der Waals surface area contributed by atoms with Crippen molar-refractivity contribution < 1.29 is 0 Å². The van der Waals surface area contributed by atoms with Crippen molar-refractivity contribution in [3.05, 3.63) is 56.0 Å². The van der Waals surface area contributed by atoms with Gasteiger partial charge in [-0.2, -0.15) is 0 Å². The highest BCUT2D eigenvalue weighted by Crippen LogP contribution is 2.42. The van der Waals surface area contributed by atoms with E-state index in [0.717, 1.165) is 56.4 Å². The fourth-order valence-electron chi connectivity index (χ4n) is 3.97. The van der Waals surface area contributed by atoms with Crippen LogP contribution >= 0.6 is 39.1 Å². The Labute approximate surface area is 171 Å². The zero-order chi connectivity index (χ0) is 18.4. The summed E-state index contributed by atoms with van der Waals surface area (Å²) in [6.45, 7) is 5.20. The molecule has 2 aromatic carbocycles. The van der Waals surface area contributed by atoms with Gasteiger partial charge in [0.05, 0.1) is 22.1 Å². The molecule has 1 aliphatic rings. The Morgan fingerprint density at radius 1 is 1.19 bits per heavy atom. The molecule has 0 bridgehead atoms. The van der Waals surface area contributed by atoms with Crippen LogP contribution in [0.15, 0.2) is 34.8 Å². The van der Waals surface area contributed by atoms with E-state index in [1.165, 1.54) is 5.56 Å². The van der Waals surface area contributed by atoms with E-state index >= 15 is 0 Å². The van der Waals surface area contributed by atoms with Gasteiger partial charge in [-0.1, -0.05) is 65.1 Å². The largest absolute Gasteiger partial charge is 0.353 e. The second kappa shape index (κ2) is 7.06. The number of nitrogens with zero attached hydrogens (tertiary/aromatic N) is 2. The number of fused-ring (bicyclic) bond motifs is 3. The van der Waals surface area contributed by atoms with Crippen molar-refractivity contribution in [2.45, 2.75) is 38.6 Å². The maximum absolute atomic E-state index is 6.63. The molecule has 0 fully saturated rings. The van der Waals surface area contributed by atoms with Crippen LogP contribution in [0.2, 0.25) is 10.0 Å². The smallest absolute Gasteiger partial charge is 0.204 e. The third-order valence-corrected chi connectivity index (χ3v) is 6.46. The summed E-state index contributed by atoms with van der Waals surface area (Å²) in [5.41, 5.74) is 4.36. The summed E-state index contributed by atoms with van der Waals surface area (Å²) in [4.78, 5) is 4.91. The number of benzene rings is 2. The summed E-state index contributed by atoms with van der Waals surface area (Å²) in [7, 11) is 0. The molecule has 0 amide bonds. The summed E-state index contributed by atoms with van der Waals surface area (Å²) in [6.07, 6.45) is 2.18. The van der Waals surface area contributed by atoms with E-state index in [1.54, 1.807) is 0 Å². The number of nitrogens with one attached hydrogen (secondary N) is 1. The summed E-state index contributed by atoms with van der Waals surface area (Å²) in [6, 6.07) is 10.2. The number of halogens is 3. The lowest BCUT2D eigenvalue weighted by Crippen LogP contribution is -2.11. The van der Waals surface area contributed by atoms with Gasteiger partial charge in [0.1, 0.15) is 0 Å². The predicted octanol–water partition coefficient (Wildman–Crippen LogP) is 7.02. The van der Waals surface area contributed by atoms with Crippen molar-refractivity contribution in [1.29, 1.82) is 0 Å². The Hall–Kier alpha value is -1.23. The summed E-state index contributed by atoms with van der Waals surface area (Å²) in [5, 5.41) is 4.91. The first-order valence-electron chi connectivity index (χ1n) is 8.94. The molecule has 1 N–H and O–H groups in total. The van der Waals surface area contributed by atoms with Gasteiger partial charge in [-0.15, -0.1) is 0 Å². The molecule has 26 heavy (non-hydrogen) atoms. The van der Waals surface area contributed by atoms with Crippen molar-refractivity contribution in [2.75, 3.05) is 11.9 Å². The summed E-state index contributed by atoms with van der Waals surface area (Å²) >= 11 is 16.7. The number of imidazole rings is 1. The average Bonchev–Trinajstić information content (AvgIpc) is 3.18. The van der Waals surface area contributed by atoms with E-state index < -0.39 is 0 Å². The van der Waals surface area contributed by atoms with E-state index in [-0.39, 0.29) is 6.04 Å². The second-order valence-corrected chi connectivity index (χ2v) is 8.45. The minimum atomic E-state index is 0.0741. The summed E-state index contributed by atoms with van der Waals surface area (Å²) < 4.78 is 3.18. The molecule has 1 aliphatic heterocycles. The molecule has 2 heterocycles. The topological polar surface area (TPSA) is 29.9 Å². The zero-order valence-electron chi connectivity index (χ0n) is 14.7. The van der Waals surface area contributed by atoms with Gasteiger partial charge in [0.15, 0.2) is 0 Å². The normalized spacial score (nSPS) is 16.3. The van der Waals surface area contributed by atoms with Crippen molar-refractivity contribution in [3.63, 3.8) is 0 Å². The van der Waals surface area contributed by atoms with Crippen LogP contribution in [0.4, 0.5) is 5.95 Å². The molecule has 0 aliphatic carbocycles. The molecule has 0 saturated heterocycles. The van der Waals surface area contributed by atoms with Crippen LogP contribution in [-0.4, -0.2) is 16.1 Å². The van der Waals surface area contributed by atoms with Crippen LogP contribution in [0, 0.1) is 0 Å². The molecule has 3 aromatic rings. The van der Waals surface area contributed by atoms with E-state index in [0.29, 0.717) is 5.92 Å². The number of aromatic nitrogens is 2. The van der Waals surface area contributed by atoms with Crippen molar-refractivity contribution in [3.8, 4) is 0 Å². The number of hydrogen-bond acceptors (Lipinski definition) is 2.